The molecule has 8 nitrogen and oxygen atoms in total. The zero-order valence-electron chi connectivity index (χ0n) is 17.5. The van der Waals surface area contributed by atoms with E-state index in [2.05, 4.69) is 15.9 Å². The molecular weight excluding hydrogens is 512 g/mol. The summed E-state index contributed by atoms with van der Waals surface area (Å²) in [5, 5.41) is 1.82. The fourth-order valence-corrected chi connectivity index (χ4v) is 5.27. The van der Waals surface area contributed by atoms with Crippen molar-refractivity contribution in [1.82, 2.24) is 9.21 Å². The molecule has 0 radical (unpaired) electrons. The van der Waals surface area contributed by atoms with Crippen molar-refractivity contribution in [2.75, 3.05) is 32.8 Å². The molecule has 2 heterocycles. The van der Waals surface area contributed by atoms with Gasteiger partial charge in [-0.1, -0.05) is 30.3 Å². The molecule has 0 atom stereocenters. The molecule has 1 saturated heterocycles. The van der Waals surface area contributed by atoms with E-state index in [1.54, 1.807) is 30.3 Å². The number of amides is 1. The monoisotopic (exact) mass is 532 g/mol. The quantitative estimate of drug-likeness (QED) is 0.357. The third kappa shape index (κ3) is 5.52. The van der Waals surface area contributed by atoms with E-state index < -0.39 is 22.6 Å². The number of esters is 1. The Morgan fingerprint density at radius 1 is 1.00 bits per heavy atom. The minimum atomic E-state index is -3.67. The van der Waals surface area contributed by atoms with E-state index in [1.807, 2.05) is 24.3 Å². The highest BCUT2D eigenvalue weighted by atomic mass is 79.9. The van der Waals surface area contributed by atoms with Crippen LogP contribution in [0.3, 0.4) is 0 Å². The second kappa shape index (κ2) is 9.90. The molecule has 1 aliphatic rings. The van der Waals surface area contributed by atoms with E-state index in [4.69, 9.17) is 9.15 Å². The van der Waals surface area contributed by atoms with E-state index in [-0.39, 0.29) is 37.0 Å². The van der Waals surface area contributed by atoms with Gasteiger partial charge in [0.1, 0.15) is 5.76 Å². The molecule has 1 aromatic heterocycles. The van der Waals surface area contributed by atoms with Crippen LogP contribution in [0.15, 0.2) is 74.7 Å². The third-order valence-corrected chi connectivity index (χ3v) is 7.59. The Hall–Kier alpha value is -2.95. The van der Waals surface area contributed by atoms with Gasteiger partial charge in [-0.25, -0.2) is 13.2 Å². The highest BCUT2D eigenvalue weighted by Gasteiger charge is 2.30. The van der Waals surface area contributed by atoms with Gasteiger partial charge in [-0.05, 0) is 57.0 Å². The number of benzene rings is 2. The van der Waals surface area contributed by atoms with E-state index in [0.29, 0.717) is 10.4 Å². The maximum absolute atomic E-state index is 13.0. The number of carbonyl (C=O) groups excluding carboxylic acids is 2. The Balaban J connectivity index is 1.29. The number of fused-ring (bicyclic) bond motifs is 1. The highest BCUT2D eigenvalue weighted by molar-refractivity contribution is 9.10. The van der Waals surface area contributed by atoms with Gasteiger partial charge in [0, 0.05) is 32.3 Å². The van der Waals surface area contributed by atoms with Crippen molar-refractivity contribution in [2.24, 2.45) is 0 Å². The Bertz CT molecular complexity index is 1310. The molecule has 10 heteroatoms. The average molecular weight is 533 g/mol. The Labute approximate surface area is 199 Å². The first-order valence-corrected chi connectivity index (χ1v) is 12.4. The smallest absolute Gasteiger partial charge is 0.331 e. The number of hydrogen-bond donors (Lipinski definition) is 0. The van der Waals surface area contributed by atoms with Crippen molar-refractivity contribution >= 4 is 54.7 Å². The molecule has 1 aliphatic heterocycles. The predicted octanol–water partition coefficient (Wildman–Crippen LogP) is 3.28. The van der Waals surface area contributed by atoms with E-state index in [0.717, 1.165) is 10.8 Å². The number of sulfonamides is 1. The van der Waals surface area contributed by atoms with Crippen LogP contribution >= 0.6 is 15.9 Å². The molecule has 1 fully saturated rings. The molecule has 0 aliphatic carbocycles. The highest BCUT2D eigenvalue weighted by Crippen LogP contribution is 2.23. The second-order valence-corrected chi connectivity index (χ2v) is 10.1. The predicted molar refractivity (Wildman–Crippen MR) is 126 cm³/mol. The number of carbonyl (C=O) groups is 2. The van der Waals surface area contributed by atoms with Crippen molar-refractivity contribution in [3.05, 3.63) is 71.1 Å². The molecule has 0 bridgehead atoms. The van der Waals surface area contributed by atoms with Crippen molar-refractivity contribution < 1.29 is 27.2 Å². The number of ether oxygens (including phenoxy) is 1. The first-order chi connectivity index (χ1) is 15.8. The van der Waals surface area contributed by atoms with Gasteiger partial charge in [-0.15, -0.1) is 0 Å². The van der Waals surface area contributed by atoms with Gasteiger partial charge < -0.3 is 14.1 Å². The maximum atomic E-state index is 13.0. The lowest BCUT2D eigenvalue weighted by Crippen LogP contribution is -2.51. The molecule has 3 aromatic rings. The number of nitrogens with zero attached hydrogens (tertiary/aromatic N) is 2. The lowest BCUT2D eigenvalue weighted by Gasteiger charge is -2.33. The zero-order valence-corrected chi connectivity index (χ0v) is 19.9. The van der Waals surface area contributed by atoms with E-state index in [9.17, 15) is 18.0 Å². The Kier molecular flexibility index (Phi) is 6.96. The van der Waals surface area contributed by atoms with Gasteiger partial charge >= 0.3 is 5.97 Å². The number of furan rings is 1. The number of hydrogen-bond acceptors (Lipinski definition) is 6. The van der Waals surface area contributed by atoms with Crippen LogP contribution in [-0.4, -0.2) is 62.3 Å². The van der Waals surface area contributed by atoms with Crippen molar-refractivity contribution in [1.29, 1.82) is 0 Å². The van der Waals surface area contributed by atoms with Crippen LogP contribution < -0.4 is 0 Å². The summed E-state index contributed by atoms with van der Waals surface area (Å²) in [6, 6.07) is 16.0. The van der Waals surface area contributed by atoms with Crippen LogP contribution in [0, 0.1) is 0 Å². The van der Waals surface area contributed by atoms with Crippen molar-refractivity contribution in [3.63, 3.8) is 0 Å². The summed E-state index contributed by atoms with van der Waals surface area (Å²) in [6.45, 7) is 0.367. The number of piperazine rings is 1. The van der Waals surface area contributed by atoms with Gasteiger partial charge in [0.2, 0.25) is 10.0 Å². The fourth-order valence-electron chi connectivity index (χ4n) is 3.50. The molecule has 1 amide bonds. The van der Waals surface area contributed by atoms with Gasteiger partial charge in [0.25, 0.3) is 5.91 Å². The SMILES string of the molecule is O=C(C=Cc1ccc(Br)o1)OCC(=O)N1CCN(S(=O)(=O)c2ccc3ccccc3c2)CC1. The van der Waals surface area contributed by atoms with Crippen LogP contribution in [0.4, 0.5) is 0 Å². The maximum Gasteiger partial charge on any atom is 0.331 e. The standard InChI is InChI=1S/C23H21BrN2O6S/c24-21-9-6-19(32-21)7-10-23(28)31-16-22(27)25-11-13-26(14-12-25)33(29,30)20-8-5-17-3-1-2-4-18(17)15-20/h1-10,15H,11-14,16H2. The summed E-state index contributed by atoms with van der Waals surface area (Å²) in [5.41, 5.74) is 0. The van der Waals surface area contributed by atoms with Crippen LogP contribution in [0.2, 0.25) is 0 Å². The topological polar surface area (TPSA) is 97.1 Å². The normalized spacial score (nSPS) is 15.2. The summed E-state index contributed by atoms with van der Waals surface area (Å²) in [4.78, 5) is 25.9. The molecule has 0 N–H and O–H groups in total. The summed E-state index contributed by atoms with van der Waals surface area (Å²) >= 11 is 3.16. The van der Waals surface area contributed by atoms with Crippen molar-refractivity contribution in [2.45, 2.75) is 4.90 Å². The van der Waals surface area contributed by atoms with Crippen LogP contribution in [0.25, 0.3) is 16.8 Å². The molecule has 0 saturated carbocycles. The molecule has 0 spiro atoms. The summed E-state index contributed by atoms with van der Waals surface area (Å²) in [6.07, 6.45) is 2.61. The zero-order chi connectivity index (χ0) is 23.4. The van der Waals surface area contributed by atoms with Crippen LogP contribution in [0.1, 0.15) is 5.76 Å². The van der Waals surface area contributed by atoms with E-state index in [1.165, 1.54) is 21.4 Å². The molecule has 172 valence electrons. The lowest BCUT2D eigenvalue weighted by atomic mass is 10.1. The first-order valence-electron chi connectivity index (χ1n) is 10.2. The molecule has 2 aromatic carbocycles. The van der Waals surface area contributed by atoms with Gasteiger partial charge in [0.15, 0.2) is 11.3 Å². The van der Waals surface area contributed by atoms with Crippen LogP contribution in [0.5, 0.6) is 0 Å². The number of halogens is 1. The lowest BCUT2D eigenvalue weighted by molar-refractivity contribution is -0.148. The second-order valence-electron chi connectivity index (χ2n) is 7.38. The molecule has 33 heavy (non-hydrogen) atoms. The molecule has 0 unspecified atom stereocenters. The van der Waals surface area contributed by atoms with Gasteiger partial charge in [0.05, 0.1) is 4.90 Å². The summed E-state index contributed by atoms with van der Waals surface area (Å²) in [5.74, 6) is -0.581. The molecule has 4 rings (SSSR count). The third-order valence-electron chi connectivity index (χ3n) is 5.27. The molecular formula is C23H21BrN2O6S. The minimum Gasteiger partial charge on any atom is -0.452 e. The van der Waals surface area contributed by atoms with Gasteiger partial charge in [-0.2, -0.15) is 4.31 Å². The fraction of sp³-hybridized carbons (Fsp3) is 0.217. The van der Waals surface area contributed by atoms with Crippen LogP contribution in [-0.2, 0) is 24.3 Å². The summed E-state index contributed by atoms with van der Waals surface area (Å²) in [7, 11) is -3.67. The summed E-state index contributed by atoms with van der Waals surface area (Å²) < 4.78 is 38.2. The number of rotatable bonds is 6. The largest absolute Gasteiger partial charge is 0.452 e. The Morgan fingerprint density at radius 2 is 1.73 bits per heavy atom. The van der Waals surface area contributed by atoms with Crippen molar-refractivity contribution in [3.8, 4) is 0 Å². The first kappa shape index (κ1) is 23.2. The Morgan fingerprint density at radius 3 is 2.42 bits per heavy atom. The van der Waals surface area contributed by atoms with E-state index >= 15 is 0 Å². The average Bonchev–Trinajstić information content (AvgIpc) is 3.26. The minimum absolute atomic E-state index is 0.169. The van der Waals surface area contributed by atoms with Gasteiger partial charge in [-0.3, -0.25) is 4.79 Å².